The van der Waals surface area contributed by atoms with Gasteiger partial charge < -0.3 is 14.6 Å². The number of nitrogens with one attached hydrogen (secondary N) is 1. The van der Waals surface area contributed by atoms with Crippen molar-refractivity contribution in [2.24, 2.45) is 0 Å². The molecule has 5 heteroatoms. The van der Waals surface area contributed by atoms with Crippen LogP contribution in [0.3, 0.4) is 0 Å². The third kappa shape index (κ3) is 4.19. The lowest BCUT2D eigenvalue weighted by Crippen LogP contribution is -2.36. The zero-order valence-corrected chi connectivity index (χ0v) is 14.1. The van der Waals surface area contributed by atoms with Crippen LogP contribution in [0, 0.1) is 11.3 Å². The molecule has 2 fully saturated rings. The van der Waals surface area contributed by atoms with Crippen LogP contribution in [0.15, 0.2) is 22.1 Å². The highest BCUT2D eigenvalue weighted by Gasteiger charge is 2.19. The van der Waals surface area contributed by atoms with E-state index in [0.29, 0.717) is 5.76 Å². The molecule has 1 aliphatic heterocycles. The predicted octanol–water partition coefficient (Wildman–Crippen LogP) is 3.63. The second-order valence-electron chi connectivity index (χ2n) is 6.70. The first-order valence-electron chi connectivity index (χ1n) is 9.04. The molecule has 0 bridgehead atoms. The molecule has 1 amide bonds. The summed E-state index contributed by atoms with van der Waals surface area (Å²) in [6.07, 6.45) is 10.7. The molecular weight excluding hydrogens is 302 g/mol. The highest BCUT2D eigenvalue weighted by molar-refractivity contribution is 6.01. The predicted molar refractivity (Wildman–Crippen MR) is 93.4 cm³/mol. The maximum atomic E-state index is 12.3. The SMILES string of the molecule is N#C/C(=C/c1ccc(N2CCCCC2)o1)C(=O)NC1CCCCC1. The standard InChI is InChI=1S/C19H25N3O2/c20-14-15(19(23)21-16-7-3-1-4-8-16)13-17-9-10-18(24-17)22-11-5-2-6-12-22/h9-10,13,16H,1-8,11-12H2,(H,21,23)/b15-13-. The first kappa shape index (κ1) is 16.6. The summed E-state index contributed by atoms with van der Waals surface area (Å²) in [6.45, 7) is 2.01. The van der Waals surface area contributed by atoms with Crippen LogP contribution in [-0.2, 0) is 4.79 Å². The number of carbonyl (C=O) groups excluding carboxylic acids is 1. The van der Waals surface area contributed by atoms with Gasteiger partial charge >= 0.3 is 0 Å². The van der Waals surface area contributed by atoms with Crippen molar-refractivity contribution in [1.82, 2.24) is 5.32 Å². The minimum atomic E-state index is -0.291. The molecule has 1 aromatic heterocycles. The second-order valence-corrected chi connectivity index (χ2v) is 6.70. The summed E-state index contributed by atoms with van der Waals surface area (Å²) in [5, 5.41) is 12.3. The first-order valence-corrected chi connectivity index (χ1v) is 9.04. The molecule has 2 heterocycles. The van der Waals surface area contributed by atoms with E-state index in [1.807, 2.05) is 18.2 Å². The summed E-state index contributed by atoms with van der Waals surface area (Å²) in [5.41, 5.74) is 0.111. The third-order valence-corrected chi connectivity index (χ3v) is 4.87. The zero-order valence-electron chi connectivity index (χ0n) is 14.1. The fourth-order valence-electron chi connectivity index (χ4n) is 3.50. The van der Waals surface area contributed by atoms with Crippen molar-refractivity contribution in [1.29, 1.82) is 5.26 Å². The van der Waals surface area contributed by atoms with Crippen molar-refractivity contribution in [3.63, 3.8) is 0 Å². The van der Waals surface area contributed by atoms with Crippen LogP contribution in [0.25, 0.3) is 6.08 Å². The highest BCUT2D eigenvalue weighted by atomic mass is 16.4. The van der Waals surface area contributed by atoms with Gasteiger partial charge in [-0.1, -0.05) is 19.3 Å². The smallest absolute Gasteiger partial charge is 0.262 e. The third-order valence-electron chi connectivity index (χ3n) is 4.87. The van der Waals surface area contributed by atoms with Crippen LogP contribution in [0.2, 0.25) is 0 Å². The van der Waals surface area contributed by atoms with Crippen molar-refractivity contribution in [3.8, 4) is 6.07 Å². The van der Waals surface area contributed by atoms with E-state index < -0.39 is 0 Å². The van der Waals surface area contributed by atoms with Crippen molar-refractivity contribution >= 4 is 17.9 Å². The van der Waals surface area contributed by atoms with Crippen molar-refractivity contribution in [3.05, 3.63) is 23.5 Å². The minimum absolute atomic E-state index is 0.111. The fourth-order valence-corrected chi connectivity index (χ4v) is 3.50. The normalized spacial score (nSPS) is 19.8. The Bertz CT molecular complexity index is 629. The number of hydrogen-bond donors (Lipinski definition) is 1. The van der Waals surface area contributed by atoms with E-state index in [0.717, 1.165) is 44.7 Å². The Hall–Kier alpha value is -2.22. The van der Waals surface area contributed by atoms with Gasteiger partial charge in [0.1, 0.15) is 17.4 Å². The molecule has 0 unspecified atom stereocenters. The van der Waals surface area contributed by atoms with Gasteiger partial charge in [-0.25, -0.2) is 0 Å². The molecule has 0 spiro atoms. The van der Waals surface area contributed by atoms with E-state index in [1.165, 1.54) is 25.7 Å². The van der Waals surface area contributed by atoms with Gasteiger partial charge in [0.25, 0.3) is 5.91 Å². The Morgan fingerprint density at radius 3 is 2.58 bits per heavy atom. The molecule has 24 heavy (non-hydrogen) atoms. The minimum Gasteiger partial charge on any atom is -0.441 e. The molecule has 3 rings (SSSR count). The lowest BCUT2D eigenvalue weighted by Gasteiger charge is -2.25. The average molecular weight is 327 g/mol. The van der Waals surface area contributed by atoms with E-state index in [2.05, 4.69) is 10.2 Å². The molecule has 2 aliphatic rings. The van der Waals surface area contributed by atoms with Crippen molar-refractivity contribution in [2.45, 2.75) is 57.4 Å². The molecule has 128 valence electrons. The van der Waals surface area contributed by atoms with Crippen LogP contribution in [0.4, 0.5) is 5.88 Å². The molecule has 1 saturated carbocycles. The van der Waals surface area contributed by atoms with Gasteiger partial charge in [0.2, 0.25) is 0 Å². The van der Waals surface area contributed by atoms with Crippen molar-refractivity contribution < 1.29 is 9.21 Å². The van der Waals surface area contributed by atoms with E-state index in [-0.39, 0.29) is 17.5 Å². The quantitative estimate of drug-likeness (QED) is 0.677. The summed E-state index contributed by atoms with van der Waals surface area (Å²) in [5.74, 6) is 1.09. The molecule has 0 aromatic carbocycles. The van der Waals surface area contributed by atoms with Crippen LogP contribution in [0.1, 0.15) is 57.1 Å². The van der Waals surface area contributed by atoms with Crippen LogP contribution < -0.4 is 10.2 Å². The van der Waals surface area contributed by atoms with Crippen LogP contribution in [0.5, 0.6) is 0 Å². The van der Waals surface area contributed by atoms with E-state index >= 15 is 0 Å². The Labute approximate surface area is 143 Å². The van der Waals surface area contributed by atoms with E-state index in [1.54, 1.807) is 6.08 Å². The number of amides is 1. The average Bonchev–Trinajstić information content (AvgIpc) is 3.10. The Kier molecular flexibility index (Phi) is 5.58. The van der Waals surface area contributed by atoms with Crippen LogP contribution in [-0.4, -0.2) is 25.0 Å². The first-order chi connectivity index (χ1) is 11.8. The van der Waals surface area contributed by atoms with Gasteiger partial charge in [0.05, 0.1) is 0 Å². The monoisotopic (exact) mass is 327 g/mol. The van der Waals surface area contributed by atoms with Gasteiger partial charge in [-0.2, -0.15) is 5.26 Å². The van der Waals surface area contributed by atoms with Gasteiger partial charge in [-0.05, 0) is 38.2 Å². The van der Waals surface area contributed by atoms with Crippen LogP contribution >= 0.6 is 0 Å². The Morgan fingerprint density at radius 1 is 1.17 bits per heavy atom. The number of nitriles is 1. The summed E-state index contributed by atoms with van der Waals surface area (Å²) >= 11 is 0. The van der Waals surface area contributed by atoms with Crippen molar-refractivity contribution in [2.75, 3.05) is 18.0 Å². The summed E-state index contributed by atoms with van der Waals surface area (Å²) in [6, 6.07) is 5.95. The molecular formula is C19H25N3O2. The molecule has 0 radical (unpaired) electrons. The molecule has 1 N–H and O–H groups in total. The van der Waals surface area contributed by atoms with E-state index in [9.17, 15) is 10.1 Å². The maximum absolute atomic E-state index is 12.3. The van der Waals surface area contributed by atoms with Gasteiger partial charge in [-0.3, -0.25) is 4.79 Å². The molecule has 5 nitrogen and oxygen atoms in total. The molecule has 1 aromatic rings. The fraction of sp³-hybridized carbons (Fsp3) is 0.579. The summed E-state index contributed by atoms with van der Waals surface area (Å²) in [4.78, 5) is 14.5. The van der Waals surface area contributed by atoms with Gasteiger partial charge in [0, 0.05) is 31.3 Å². The van der Waals surface area contributed by atoms with E-state index in [4.69, 9.17) is 4.42 Å². The lowest BCUT2D eigenvalue weighted by molar-refractivity contribution is -0.117. The Morgan fingerprint density at radius 2 is 1.88 bits per heavy atom. The number of rotatable bonds is 4. The van der Waals surface area contributed by atoms with Gasteiger partial charge in [0.15, 0.2) is 5.88 Å². The second kappa shape index (κ2) is 8.05. The maximum Gasteiger partial charge on any atom is 0.262 e. The topological polar surface area (TPSA) is 69.3 Å². The summed E-state index contributed by atoms with van der Waals surface area (Å²) in [7, 11) is 0. The molecule has 1 aliphatic carbocycles. The number of anilines is 1. The number of hydrogen-bond acceptors (Lipinski definition) is 4. The number of piperidine rings is 1. The lowest BCUT2D eigenvalue weighted by atomic mass is 9.95. The van der Waals surface area contributed by atoms with Gasteiger partial charge in [-0.15, -0.1) is 0 Å². The number of nitrogens with zero attached hydrogens (tertiary/aromatic N) is 2. The molecule has 1 saturated heterocycles. The number of furan rings is 1. The zero-order chi connectivity index (χ0) is 16.8. The highest BCUT2D eigenvalue weighted by Crippen LogP contribution is 2.24. The summed E-state index contributed by atoms with van der Waals surface area (Å²) < 4.78 is 5.81. The Balaban J connectivity index is 1.65. The molecule has 0 atom stereocenters. The largest absolute Gasteiger partial charge is 0.441 e. The number of carbonyl (C=O) groups is 1.